The van der Waals surface area contributed by atoms with E-state index < -0.39 is 15.8 Å². The van der Waals surface area contributed by atoms with Crippen LogP contribution >= 0.6 is 0 Å². The topological polar surface area (TPSA) is 72.2 Å². The molecular weight excluding hydrogens is 315 g/mol. The van der Waals surface area contributed by atoms with Gasteiger partial charge in [-0.05, 0) is 67.1 Å². The quantitative estimate of drug-likeness (QED) is 0.847. The summed E-state index contributed by atoms with van der Waals surface area (Å²) in [7, 11) is -3.77. The summed E-state index contributed by atoms with van der Waals surface area (Å²) in [6.45, 7) is 1.60. The second-order valence-corrected chi connectivity index (χ2v) is 7.65. The number of sulfonamides is 1. The van der Waals surface area contributed by atoms with Crippen molar-refractivity contribution in [3.8, 4) is 0 Å². The van der Waals surface area contributed by atoms with Gasteiger partial charge >= 0.3 is 0 Å². The predicted octanol–water partition coefficient (Wildman–Crippen LogP) is 3.07. The van der Waals surface area contributed by atoms with E-state index in [0.29, 0.717) is 17.7 Å². The zero-order valence-corrected chi connectivity index (χ0v) is 13.7. The monoisotopic (exact) mass is 334 g/mol. The Labute approximate surface area is 135 Å². The second kappa shape index (κ2) is 5.94. The van der Waals surface area contributed by atoms with Gasteiger partial charge in [0, 0.05) is 11.7 Å². The average molecular weight is 334 g/mol. The number of anilines is 1. The van der Waals surface area contributed by atoms with Crippen LogP contribution < -0.4 is 10.5 Å². The third kappa shape index (κ3) is 3.23. The van der Waals surface area contributed by atoms with Crippen LogP contribution in [0.2, 0.25) is 0 Å². The van der Waals surface area contributed by atoms with E-state index in [-0.39, 0.29) is 10.9 Å². The molecule has 1 aliphatic carbocycles. The summed E-state index contributed by atoms with van der Waals surface area (Å²) >= 11 is 0. The molecule has 1 atom stereocenters. The second-order valence-electron chi connectivity index (χ2n) is 5.94. The number of aryl methyl sites for hydroxylation is 2. The minimum Gasteiger partial charge on any atom is -0.399 e. The van der Waals surface area contributed by atoms with Crippen LogP contribution in [0.5, 0.6) is 0 Å². The van der Waals surface area contributed by atoms with Gasteiger partial charge in [-0.3, -0.25) is 0 Å². The van der Waals surface area contributed by atoms with Gasteiger partial charge in [-0.2, -0.15) is 0 Å². The minimum atomic E-state index is -3.77. The Morgan fingerprint density at radius 3 is 2.74 bits per heavy atom. The van der Waals surface area contributed by atoms with Gasteiger partial charge in [0.1, 0.15) is 5.82 Å². The van der Waals surface area contributed by atoms with E-state index in [1.165, 1.54) is 12.1 Å². The minimum absolute atomic E-state index is 0.0526. The van der Waals surface area contributed by atoms with Gasteiger partial charge in [0.05, 0.1) is 4.90 Å². The maximum atomic E-state index is 13.7. The lowest BCUT2D eigenvalue weighted by Crippen LogP contribution is -2.31. The molecule has 2 aromatic rings. The Kier molecular flexibility index (Phi) is 4.12. The van der Waals surface area contributed by atoms with Gasteiger partial charge in [-0.15, -0.1) is 0 Å². The van der Waals surface area contributed by atoms with Crippen molar-refractivity contribution in [2.75, 3.05) is 5.73 Å². The SMILES string of the molecule is Cc1ccc(S(=O)(=O)NC2CCCc3cc(N)ccc32)cc1F. The Hall–Kier alpha value is -1.92. The van der Waals surface area contributed by atoms with Crippen molar-refractivity contribution in [1.29, 1.82) is 0 Å². The summed E-state index contributed by atoms with van der Waals surface area (Å²) in [6, 6.07) is 9.18. The zero-order chi connectivity index (χ0) is 16.6. The van der Waals surface area contributed by atoms with Crippen molar-refractivity contribution >= 4 is 15.7 Å². The largest absolute Gasteiger partial charge is 0.399 e. The van der Waals surface area contributed by atoms with Crippen LogP contribution in [-0.2, 0) is 16.4 Å². The number of hydrogen-bond donors (Lipinski definition) is 2. The molecule has 3 N–H and O–H groups in total. The molecule has 23 heavy (non-hydrogen) atoms. The molecule has 1 unspecified atom stereocenters. The fraction of sp³-hybridized carbons (Fsp3) is 0.294. The average Bonchev–Trinajstić information content (AvgIpc) is 2.49. The van der Waals surface area contributed by atoms with Crippen LogP contribution in [0.25, 0.3) is 0 Å². The number of hydrogen-bond acceptors (Lipinski definition) is 3. The molecule has 0 radical (unpaired) electrons. The molecule has 1 aliphatic rings. The lowest BCUT2D eigenvalue weighted by molar-refractivity contribution is 0.506. The molecule has 3 rings (SSSR count). The molecule has 0 heterocycles. The lowest BCUT2D eigenvalue weighted by Gasteiger charge is -2.26. The Morgan fingerprint density at radius 1 is 1.22 bits per heavy atom. The molecule has 6 heteroatoms. The highest BCUT2D eigenvalue weighted by Crippen LogP contribution is 2.32. The lowest BCUT2D eigenvalue weighted by atomic mass is 9.88. The molecule has 0 aliphatic heterocycles. The van der Waals surface area contributed by atoms with Gasteiger partial charge in [-0.25, -0.2) is 17.5 Å². The fourth-order valence-corrected chi connectivity index (χ4v) is 4.21. The highest BCUT2D eigenvalue weighted by molar-refractivity contribution is 7.89. The molecule has 0 fully saturated rings. The van der Waals surface area contributed by atoms with Gasteiger partial charge < -0.3 is 5.73 Å². The third-order valence-electron chi connectivity index (χ3n) is 4.23. The molecular formula is C17H19FN2O2S. The van der Waals surface area contributed by atoms with Gasteiger partial charge in [0.2, 0.25) is 10.0 Å². The van der Waals surface area contributed by atoms with Crippen molar-refractivity contribution in [2.24, 2.45) is 0 Å². The summed E-state index contributed by atoms with van der Waals surface area (Å²) in [6.07, 6.45) is 2.48. The summed E-state index contributed by atoms with van der Waals surface area (Å²) in [5.74, 6) is -0.523. The number of nitrogens with two attached hydrogens (primary N) is 1. The number of nitrogen functional groups attached to an aromatic ring is 1. The first kappa shape index (κ1) is 16.0. The van der Waals surface area contributed by atoms with Crippen LogP contribution in [0.3, 0.4) is 0 Å². The van der Waals surface area contributed by atoms with Crippen molar-refractivity contribution in [1.82, 2.24) is 4.72 Å². The standard InChI is InChI=1S/C17H19FN2O2S/c1-11-5-7-14(10-16(11)18)23(21,22)20-17-4-2-3-12-9-13(19)6-8-15(12)17/h5-10,17,20H,2-4,19H2,1H3. The first-order valence-corrected chi connectivity index (χ1v) is 9.02. The van der Waals surface area contributed by atoms with E-state index in [1.54, 1.807) is 13.0 Å². The third-order valence-corrected chi connectivity index (χ3v) is 5.70. The van der Waals surface area contributed by atoms with Crippen LogP contribution in [0.1, 0.15) is 35.6 Å². The normalized spacial score (nSPS) is 17.7. The number of rotatable bonds is 3. The van der Waals surface area contributed by atoms with Crippen molar-refractivity contribution in [2.45, 2.75) is 37.1 Å². The molecule has 0 amide bonds. The molecule has 2 aromatic carbocycles. The molecule has 4 nitrogen and oxygen atoms in total. The first-order chi connectivity index (χ1) is 10.9. The molecule has 0 spiro atoms. The van der Waals surface area contributed by atoms with Crippen molar-refractivity contribution in [3.05, 3.63) is 58.9 Å². The summed E-state index contributed by atoms with van der Waals surface area (Å²) in [4.78, 5) is -0.0526. The van der Waals surface area contributed by atoms with Crippen LogP contribution in [0.15, 0.2) is 41.3 Å². The summed E-state index contributed by atoms with van der Waals surface area (Å²) < 4.78 is 41.4. The molecule has 0 bridgehead atoms. The number of benzene rings is 2. The smallest absolute Gasteiger partial charge is 0.241 e. The first-order valence-electron chi connectivity index (χ1n) is 7.53. The van der Waals surface area contributed by atoms with Crippen molar-refractivity contribution < 1.29 is 12.8 Å². The van der Waals surface area contributed by atoms with Gasteiger partial charge in [0.15, 0.2) is 0 Å². The van der Waals surface area contributed by atoms with E-state index in [0.717, 1.165) is 30.0 Å². The van der Waals surface area contributed by atoms with Gasteiger partial charge in [-0.1, -0.05) is 12.1 Å². The number of nitrogens with one attached hydrogen (secondary N) is 1. The fourth-order valence-electron chi connectivity index (χ4n) is 2.95. The number of halogens is 1. The summed E-state index contributed by atoms with van der Waals surface area (Å²) in [5.41, 5.74) is 8.90. The highest BCUT2D eigenvalue weighted by Gasteiger charge is 2.26. The maximum absolute atomic E-state index is 13.7. The van der Waals surface area contributed by atoms with Crippen LogP contribution in [0, 0.1) is 12.7 Å². The summed E-state index contributed by atoms with van der Waals surface area (Å²) in [5, 5.41) is 0. The van der Waals surface area contributed by atoms with Crippen molar-refractivity contribution in [3.63, 3.8) is 0 Å². The molecule has 0 saturated heterocycles. The Bertz CT molecular complexity index is 850. The van der Waals surface area contributed by atoms with E-state index in [1.807, 2.05) is 12.1 Å². The van der Waals surface area contributed by atoms with Crippen LogP contribution in [0.4, 0.5) is 10.1 Å². The van der Waals surface area contributed by atoms with E-state index in [4.69, 9.17) is 5.73 Å². The predicted molar refractivity (Wildman–Crippen MR) is 88.0 cm³/mol. The molecule has 122 valence electrons. The zero-order valence-electron chi connectivity index (χ0n) is 12.8. The molecule has 0 saturated carbocycles. The highest BCUT2D eigenvalue weighted by atomic mass is 32.2. The number of fused-ring (bicyclic) bond motifs is 1. The van der Waals surface area contributed by atoms with E-state index >= 15 is 0 Å². The maximum Gasteiger partial charge on any atom is 0.241 e. The van der Waals surface area contributed by atoms with Gasteiger partial charge in [0.25, 0.3) is 0 Å². The van der Waals surface area contributed by atoms with E-state index in [9.17, 15) is 12.8 Å². The Balaban J connectivity index is 1.91. The van der Waals surface area contributed by atoms with Crippen LogP contribution in [-0.4, -0.2) is 8.42 Å². The Morgan fingerprint density at radius 2 is 2.00 bits per heavy atom. The van der Waals surface area contributed by atoms with E-state index in [2.05, 4.69) is 4.72 Å². The molecule has 0 aromatic heterocycles.